The number of likely N-dealkylation sites (N-methyl/N-ethyl adjacent to an activating group) is 1. The van der Waals surface area contributed by atoms with Gasteiger partial charge in [-0.3, -0.25) is 0 Å². The highest BCUT2D eigenvalue weighted by molar-refractivity contribution is 5.22. The van der Waals surface area contributed by atoms with Crippen LogP contribution in [0.5, 0.6) is 5.88 Å². The largest absolute Gasteiger partial charge is 0.475 e. The Morgan fingerprint density at radius 3 is 2.55 bits per heavy atom. The highest BCUT2D eigenvalue weighted by Crippen LogP contribution is 2.30. The van der Waals surface area contributed by atoms with Gasteiger partial charge < -0.3 is 14.7 Å². The summed E-state index contributed by atoms with van der Waals surface area (Å²) in [6.07, 6.45) is -4.17. The average molecular weight is 292 g/mol. The molecule has 0 amide bonds. The van der Waals surface area contributed by atoms with Gasteiger partial charge in [0.1, 0.15) is 12.7 Å². The van der Waals surface area contributed by atoms with Crippen molar-refractivity contribution in [1.82, 2.24) is 9.88 Å². The fraction of sp³-hybridized carbons (Fsp3) is 0.615. The van der Waals surface area contributed by atoms with Crippen molar-refractivity contribution >= 4 is 0 Å². The van der Waals surface area contributed by atoms with Crippen LogP contribution in [0.25, 0.3) is 0 Å². The first-order chi connectivity index (χ1) is 9.36. The number of pyridine rings is 1. The second kappa shape index (κ2) is 7.44. The maximum atomic E-state index is 12.5. The molecule has 20 heavy (non-hydrogen) atoms. The monoisotopic (exact) mass is 292 g/mol. The summed E-state index contributed by atoms with van der Waals surface area (Å²) in [5.74, 6) is -0.140. The van der Waals surface area contributed by atoms with Crippen LogP contribution >= 0.6 is 0 Å². The van der Waals surface area contributed by atoms with Gasteiger partial charge in [0.2, 0.25) is 5.88 Å². The Labute approximate surface area is 116 Å². The van der Waals surface area contributed by atoms with Crippen LogP contribution in [0.15, 0.2) is 18.3 Å². The zero-order valence-corrected chi connectivity index (χ0v) is 11.5. The fourth-order valence-electron chi connectivity index (χ4n) is 1.68. The van der Waals surface area contributed by atoms with E-state index in [-0.39, 0.29) is 12.5 Å². The second-order valence-corrected chi connectivity index (χ2v) is 4.33. The molecule has 7 heteroatoms. The highest BCUT2D eigenvalue weighted by Gasteiger charge is 2.31. The summed E-state index contributed by atoms with van der Waals surface area (Å²) in [5.41, 5.74) is -0.819. The summed E-state index contributed by atoms with van der Waals surface area (Å²) in [6, 6.07) is 1.70. The molecular weight excluding hydrogens is 273 g/mol. The third-order valence-electron chi connectivity index (χ3n) is 2.85. The third-order valence-corrected chi connectivity index (χ3v) is 2.85. The molecule has 0 radical (unpaired) electrons. The minimum Gasteiger partial charge on any atom is -0.475 e. The van der Waals surface area contributed by atoms with Gasteiger partial charge in [-0.05, 0) is 19.2 Å². The lowest BCUT2D eigenvalue weighted by Gasteiger charge is -2.21. The second-order valence-electron chi connectivity index (χ2n) is 4.33. The van der Waals surface area contributed by atoms with E-state index in [1.54, 1.807) is 0 Å². The molecule has 0 aliphatic heterocycles. The van der Waals surface area contributed by atoms with Crippen LogP contribution in [0, 0.1) is 0 Å². The zero-order valence-electron chi connectivity index (χ0n) is 11.5. The predicted octanol–water partition coefficient (Wildman–Crippen LogP) is 2.18. The van der Waals surface area contributed by atoms with E-state index in [9.17, 15) is 18.3 Å². The first-order valence-electron chi connectivity index (χ1n) is 6.43. The molecule has 0 spiro atoms. The van der Waals surface area contributed by atoms with Crippen LogP contribution in [0.4, 0.5) is 13.2 Å². The van der Waals surface area contributed by atoms with E-state index in [0.717, 1.165) is 31.4 Å². The molecule has 1 heterocycles. The third kappa shape index (κ3) is 5.34. The molecule has 1 rings (SSSR count). The van der Waals surface area contributed by atoms with Crippen LogP contribution in [0.2, 0.25) is 0 Å². The van der Waals surface area contributed by atoms with Crippen LogP contribution in [-0.2, 0) is 6.18 Å². The lowest BCUT2D eigenvalue weighted by atomic mass is 10.2. The number of rotatable bonds is 7. The molecule has 1 atom stereocenters. The molecule has 1 N–H and O–H groups in total. The molecule has 0 fully saturated rings. The van der Waals surface area contributed by atoms with Crippen molar-refractivity contribution in [1.29, 1.82) is 0 Å². The van der Waals surface area contributed by atoms with Crippen molar-refractivity contribution in [2.45, 2.75) is 26.1 Å². The minimum absolute atomic E-state index is 0.0924. The molecule has 0 saturated carbocycles. The van der Waals surface area contributed by atoms with Crippen molar-refractivity contribution in [2.24, 2.45) is 0 Å². The van der Waals surface area contributed by atoms with Gasteiger partial charge in [-0.2, -0.15) is 13.2 Å². The summed E-state index contributed by atoms with van der Waals surface area (Å²) < 4.78 is 42.6. The van der Waals surface area contributed by atoms with E-state index in [1.807, 2.05) is 18.7 Å². The Kier molecular flexibility index (Phi) is 6.22. The topological polar surface area (TPSA) is 45.6 Å². The van der Waals surface area contributed by atoms with Gasteiger partial charge in [0, 0.05) is 18.8 Å². The smallest absolute Gasteiger partial charge is 0.416 e. The molecular formula is C13H19F3N2O2. The molecule has 0 saturated heterocycles. The van der Waals surface area contributed by atoms with Gasteiger partial charge >= 0.3 is 6.18 Å². The van der Waals surface area contributed by atoms with Crippen LogP contribution in [0.1, 0.15) is 19.4 Å². The van der Waals surface area contributed by atoms with Crippen LogP contribution in [0.3, 0.4) is 0 Å². The van der Waals surface area contributed by atoms with Crippen molar-refractivity contribution in [3.8, 4) is 5.88 Å². The Bertz CT molecular complexity index is 409. The van der Waals surface area contributed by atoms with Crippen LogP contribution in [-0.4, -0.2) is 47.3 Å². The number of halogens is 3. The van der Waals surface area contributed by atoms with E-state index in [0.29, 0.717) is 6.54 Å². The lowest BCUT2D eigenvalue weighted by molar-refractivity contribution is -0.137. The van der Waals surface area contributed by atoms with E-state index in [4.69, 9.17) is 4.74 Å². The maximum absolute atomic E-state index is 12.5. The molecule has 0 aliphatic carbocycles. The molecule has 1 aromatic heterocycles. The molecule has 0 aliphatic rings. The van der Waals surface area contributed by atoms with Crippen molar-refractivity contribution in [3.05, 3.63) is 23.9 Å². The summed E-state index contributed by atoms with van der Waals surface area (Å²) in [5, 5.41) is 9.76. The molecule has 0 aromatic carbocycles. The summed E-state index contributed by atoms with van der Waals surface area (Å²) in [4.78, 5) is 5.69. The average Bonchev–Trinajstić information content (AvgIpc) is 2.42. The summed E-state index contributed by atoms with van der Waals surface area (Å²) in [7, 11) is 0. The van der Waals surface area contributed by atoms with Crippen LogP contribution < -0.4 is 4.74 Å². The Morgan fingerprint density at radius 1 is 1.35 bits per heavy atom. The Morgan fingerprint density at radius 2 is 2.00 bits per heavy atom. The Hall–Kier alpha value is -1.34. The first-order valence-corrected chi connectivity index (χ1v) is 6.43. The standard InChI is InChI=1S/C13H19F3N2O2/c1-3-18(4-2)8-11(19)9-20-12-7-10(5-6-17-12)13(14,15)16/h5-7,11,19H,3-4,8-9H2,1-2H3. The quantitative estimate of drug-likeness (QED) is 0.836. The van der Waals surface area contributed by atoms with Gasteiger partial charge in [0.15, 0.2) is 0 Å². The minimum atomic E-state index is -4.43. The van der Waals surface area contributed by atoms with Gasteiger partial charge in [-0.25, -0.2) is 4.98 Å². The summed E-state index contributed by atoms with van der Waals surface area (Å²) >= 11 is 0. The van der Waals surface area contributed by atoms with E-state index < -0.39 is 17.8 Å². The molecule has 0 bridgehead atoms. The normalized spacial score (nSPS) is 13.6. The molecule has 4 nitrogen and oxygen atoms in total. The van der Waals surface area contributed by atoms with Gasteiger partial charge in [0.05, 0.1) is 5.56 Å². The summed E-state index contributed by atoms with van der Waals surface area (Å²) in [6.45, 7) is 5.82. The number of aliphatic hydroxyl groups is 1. The van der Waals surface area contributed by atoms with Gasteiger partial charge in [-0.1, -0.05) is 13.8 Å². The number of nitrogens with zero attached hydrogens (tertiary/aromatic N) is 2. The number of aromatic nitrogens is 1. The maximum Gasteiger partial charge on any atom is 0.416 e. The Balaban J connectivity index is 2.53. The number of ether oxygens (including phenoxy) is 1. The van der Waals surface area contributed by atoms with Gasteiger partial charge in [-0.15, -0.1) is 0 Å². The van der Waals surface area contributed by atoms with E-state index in [2.05, 4.69) is 4.98 Å². The van der Waals surface area contributed by atoms with Gasteiger partial charge in [0.25, 0.3) is 0 Å². The van der Waals surface area contributed by atoms with Crippen molar-refractivity contribution in [3.63, 3.8) is 0 Å². The molecule has 114 valence electrons. The van der Waals surface area contributed by atoms with Crippen molar-refractivity contribution in [2.75, 3.05) is 26.2 Å². The molecule has 1 unspecified atom stereocenters. The highest BCUT2D eigenvalue weighted by atomic mass is 19.4. The van der Waals surface area contributed by atoms with E-state index >= 15 is 0 Å². The number of hydrogen-bond donors (Lipinski definition) is 1. The molecule has 1 aromatic rings. The number of hydrogen-bond acceptors (Lipinski definition) is 4. The van der Waals surface area contributed by atoms with E-state index in [1.165, 1.54) is 0 Å². The fourth-order valence-corrected chi connectivity index (χ4v) is 1.68. The SMILES string of the molecule is CCN(CC)CC(O)COc1cc(C(F)(F)F)ccn1. The lowest BCUT2D eigenvalue weighted by Crippen LogP contribution is -2.35. The number of aliphatic hydroxyl groups excluding tert-OH is 1. The predicted molar refractivity (Wildman–Crippen MR) is 68.5 cm³/mol. The number of alkyl halides is 3. The van der Waals surface area contributed by atoms with Crippen molar-refractivity contribution < 1.29 is 23.0 Å². The zero-order chi connectivity index (χ0) is 15.2. The first kappa shape index (κ1) is 16.7.